The Labute approximate surface area is 210 Å². The summed E-state index contributed by atoms with van der Waals surface area (Å²) in [6.45, 7) is 1.97. The molecular formula is C31H28N2O3. The molecule has 5 rings (SSSR count). The van der Waals surface area contributed by atoms with Crippen molar-refractivity contribution in [3.8, 4) is 17.1 Å². The van der Waals surface area contributed by atoms with Gasteiger partial charge in [-0.3, -0.25) is 0 Å². The van der Waals surface area contributed by atoms with Crippen LogP contribution in [0.5, 0.6) is 0 Å². The molecule has 0 aliphatic heterocycles. The molecule has 0 amide bonds. The average molecular weight is 477 g/mol. The molecule has 36 heavy (non-hydrogen) atoms. The van der Waals surface area contributed by atoms with Gasteiger partial charge in [-0.25, -0.2) is 9.78 Å². The Bertz CT molecular complexity index is 1450. The number of hydrogen-bond donors (Lipinski definition) is 1. The second-order valence-electron chi connectivity index (χ2n) is 8.98. The molecule has 5 heteroatoms. The van der Waals surface area contributed by atoms with Gasteiger partial charge in [0.25, 0.3) is 0 Å². The lowest BCUT2D eigenvalue weighted by Crippen LogP contribution is -1.99. The van der Waals surface area contributed by atoms with E-state index in [0.717, 1.165) is 53.1 Å². The van der Waals surface area contributed by atoms with E-state index >= 15 is 0 Å². The van der Waals surface area contributed by atoms with E-state index in [4.69, 9.17) is 9.40 Å². The maximum Gasteiger partial charge on any atom is 0.337 e. The molecule has 5 aromatic rings. The minimum atomic E-state index is -0.908. The van der Waals surface area contributed by atoms with Gasteiger partial charge < -0.3 is 14.1 Å². The SMILES string of the molecule is Cc1oc(-c2ccccc2)nc1CCCc1ccc(Cc2cn(-c3ccccc3)cc2C(=O)O)cc1. The van der Waals surface area contributed by atoms with Crippen molar-refractivity contribution in [1.82, 2.24) is 9.55 Å². The standard InChI is InChI=1S/C31H28N2O3/c1-22-29(32-30(36-22)25-10-4-2-5-11-25)14-8-9-23-15-17-24(18-16-23)19-26-20-33(21-28(26)31(34)35)27-12-6-3-7-13-27/h2-7,10-13,15-18,20-21H,8-9,14,19H2,1H3,(H,34,35). The molecule has 0 saturated carbocycles. The lowest BCUT2D eigenvalue weighted by atomic mass is 10.0. The lowest BCUT2D eigenvalue weighted by molar-refractivity contribution is 0.0696. The summed E-state index contributed by atoms with van der Waals surface area (Å²) in [5.74, 6) is 0.644. The molecular weight excluding hydrogens is 448 g/mol. The Balaban J connectivity index is 1.21. The molecule has 0 aliphatic rings. The Morgan fingerprint density at radius 3 is 2.22 bits per heavy atom. The third-order valence-electron chi connectivity index (χ3n) is 6.40. The van der Waals surface area contributed by atoms with Crippen molar-refractivity contribution in [2.75, 3.05) is 0 Å². The van der Waals surface area contributed by atoms with Gasteiger partial charge in [-0.15, -0.1) is 0 Å². The Morgan fingerprint density at radius 1 is 0.861 bits per heavy atom. The number of aromatic carboxylic acids is 1. The fourth-order valence-corrected chi connectivity index (χ4v) is 4.45. The molecule has 0 unspecified atom stereocenters. The van der Waals surface area contributed by atoms with Gasteiger partial charge in [-0.2, -0.15) is 0 Å². The summed E-state index contributed by atoms with van der Waals surface area (Å²) in [4.78, 5) is 16.5. The van der Waals surface area contributed by atoms with Gasteiger partial charge in [0.05, 0.1) is 11.3 Å². The smallest absolute Gasteiger partial charge is 0.337 e. The van der Waals surface area contributed by atoms with E-state index in [9.17, 15) is 9.90 Å². The third-order valence-corrected chi connectivity index (χ3v) is 6.40. The quantitative estimate of drug-likeness (QED) is 0.251. The number of aryl methyl sites for hydroxylation is 3. The highest BCUT2D eigenvalue weighted by atomic mass is 16.4. The number of nitrogens with zero attached hydrogens (tertiary/aromatic N) is 2. The van der Waals surface area contributed by atoms with Crippen molar-refractivity contribution in [1.29, 1.82) is 0 Å². The van der Waals surface area contributed by atoms with Crippen molar-refractivity contribution >= 4 is 5.97 Å². The summed E-state index contributed by atoms with van der Waals surface area (Å²) in [5.41, 5.74) is 6.42. The Kier molecular flexibility index (Phi) is 6.80. The van der Waals surface area contributed by atoms with Crippen LogP contribution in [-0.4, -0.2) is 20.6 Å². The number of hydrogen-bond acceptors (Lipinski definition) is 3. The summed E-state index contributed by atoms with van der Waals surface area (Å²) in [6, 6.07) is 28.2. The normalized spacial score (nSPS) is 11.0. The highest BCUT2D eigenvalue weighted by Crippen LogP contribution is 2.23. The van der Waals surface area contributed by atoms with Gasteiger partial charge in [0.15, 0.2) is 0 Å². The van der Waals surface area contributed by atoms with Crippen LogP contribution in [0.2, 0.25) is 0 Å². The van der Waals surface area contributed by atoms with Crippen LogP contribution in [0.1, 0.15) is 44.9 Å². The molecule has 0 aliphatic carbocycles. The zero-order valence-corrected chi connectivity index (χ0v) is 20.2. The number of carboxylic acids is 1. The maximum atomic E-state index is 11.8. The molecule has 0 atom stereocenters. The van der Waals surface area contributed by atoms with E-state index in [1.54, 1.807) is 6.20 Å². The van der Waals surface area contributed by atoms with Crippen LogP contribution in [0.25, 0.3) is 17.1 Å². The van der Waals surface area contributed by atoms with Crippen LogP contribution in [0.15, 0.2) is 102 Å². The lowest BCUT2D eigenvalue weighted by Gasteiger charge is -2.05. The molecule has 0 saturated heterocycles. The number of carboxylic acid groups (broad SMARTS) is 1. The van der Waals surface area contributed by atoms with E-state index in [1.807, 2.05) is 78.4 Å². The maximum absolute atomic E-state index is 11.8. The van der Waals surface area contributed by atoms with Crippen molar-refractivity contribution in [2.24, 2.45) is 0 Å². The zero-order valence-electron chi connectivity index (χ0n) is 20.2. The largest absolute Gasteiger partial charge is 0.478 e. The van der Waals surface area contributed by atoms with Crippen LogP contribution in [0.3, 0.4) is 0 Å². The molecule has 180 valence electrons. The number of para-hydroxylation sites is 1. The van der Waals surface area contributed by atoms with Crippen LogP contribution in [0, 0.1) is 6.92 Å². The summed E-state index contributed by atoms with van der Waals surface area (Å²) >= 11 is 0. The summed E-state index contributed by atoms with van der Waals surface area (Å²) < 4.78 is 7.75. The van der Waals surface area contributed by atoms with Gasteiger partial charge in [0.1, 0.15) is 5.76 Å². The first kappa shape index (κ1) is 23.4. The zero-order chi connectivity index (χ0) is 24.9. The number of carbonyl (C=O) groups is 1. The average Bonchev–Trinajstić information content (AvgIpc) is 3.50. The predicted molar refractivity (Wildman–Crippen MR) is 141 cm³/mol. The van der Waals surface area contributed by atoms with Gasteiger partial charge in [-0.1, -0.05) is 60.7 Å². The minimum Gasteiger partial charge on any atom is -0.478 e. The second-order valence-corrected chi connectivity index (χ2v) is 8.98. The van der Waals surface area contributed by atoms with Crippen molar-refractivity contribution in [2.45, 2.75) is 32.6 Å². The summed E-state index contributed by atoms with van der Waals surface area (Å²) in [6.07, 6.45) is 6.95. The molecule has 3 aromatic carbocycles. The third kappa shape index (κ3) is 5.31. The number of aromatic nitrogens is 2. The fraction of sp³-hybridized carbons (Fsp3) is 0.161. The Morgan fingerprint density at radius 2 is 1.53 bits per heavy atom. The molecule has 0 fully saturated rings. The number of oxazole rings is 1. The monoisotopic (exact) mass is 476 g/mol. The van der Waals surface area contributed by atoms with Gasteiger partial charge >= 0.3 is 5.97 Å². The van der Waals surface area contributed by atoms with Crippen LogP contribution >= 0.6 is 0 Å². The fourth-order valence-electron chi connectivity index (χ4n) is 4.45. The highest BCUT2D eigenvalue weighted by Gasteiger charge is 2.15. The highest BCUT2D eigenvalue weighted by molar-refractivity contribution is 5.89. The molecule has 2 aromatic heterocycles. The topological polar surface area (TPSA) is 68.3 Å². The second kappa shape index (κ2) is 10.5. The van der Waals surface area contributed by atoms with E-state index in [1.165, 1.54) is 5.56 Å². The first-order valence-electron chi connectivity index (χ1n) is 12.2. The molecule has 0 spiro atoms. The van der Waals surface area contributed by atoms with Crippen molar-refractivity contribution < 1.29 is 14.3 Å². The Hall–Kier alpha value is -4.38. The molecule has 2 heterocycles. The van der Waals surface area contributed by atoms with E-state index in [2.05, 4.69) is 24.3 Å². The van der Waals surface area contributed by atoms with Gasteiger partial charge in [0.2, 0.25) is 5.89 Å². The number of rotatable bonds is 9. The van der Waals surface area contributed by atoms with Crippen LogP contribution < -0.4 is 0 Å². The molecule has 0 radical (unpaired) electrons. The summed E-state index contributed by atoms with van der Waals surface area (Å²) in [5, 5.41) is 9.70. The van der Waals surface area contributed by atoms with Crippen LogP contribution in [-0.2, 0) is 19.3 Å². The van der Waals surface area contributed by atoms with Crippen molar-refractivity contribution in [3.63, 3.8) is 0 Å². The predicted octanol–water partition coefficient (Wildman–Crippen LogP) is 6.91. The van der Waals surface area contributed by atoms with E-state index in [-0.39, 0.29) is 0 Å². The van der Waals surface area contributed by atoms with E-state index < -0.39 is 5.97 Å². The first-order valence-corrected chi connectivity index (χ1v) is 12.2. The summed E-state index contributed by atoms with van der Waals surface area (Å²) in [7, 11) is 0. The molecule has 0 bridgehead atoms. The first-order chi connectivity index (χ1) is 17.6. The minimum absolute atomic E-state index is 0.334. The number of benzene rings is 3. The van der Waals surface area contributed by atoms with Crippen molar-refractivity contribution in [3.05, 3.63) is 131 Å². The molecule has 1 N–H and O–H groups in total. The van der Waals surface area contributed by atoms with Gasteiger partial charge in [-0.05, 0) is 73.6 Å². The van der Waals surface area contributed by atoms with Crippen LogP contribution in [0.4, 0.5) is 0 Å². The molecule has 5 nitrogen and oxygen atoms in total. The van der Waals surface area contributed by atoms with Gasteiger partial charge in [0, 0.05) is 23.6 Å². The van der Waals surface area contributed by atoms with E-state index in [0.29, 0.717) is 17.9 Å².